The molecule has 23 heavy (non-hydrogen) atoms. The number of imidazole rings is 1. The number of aryl methyl sites for hydroxylation is 1. The molecular weight excluding hydrogens is 298 g/mol. The van der Waals surface area contributed by atoms with Crippen molar-refractivity contribution in [3.63, 3.8) is 0 Å². The van der Waals surface area contributed by atoms with Gasteiger partial charge < -0.3 is 18.6 Å². The van der Waals surface area contributed by atoms with Crippen molar-refractivity contribution < 1.29 is 18.7 Å². The molecule has 0 aromatic carbocycles. The molecule has 0 unspecified atom stereocenters. The Morgan fingerprint density at radius 3 is 2.91 bits per heavy atom. The lowest BCUT2D eigenvalue weighted by Crippen LogP contribution is -2.34. The number of aromatic nitrogens is 2. The highest BCUT2D eigenvalue weighted by molar-refractivity contribution is 5.91. The van der Waals surface area contributed by atoms with Gasteiger partial charge in [-0.05, 0) is 25.5 Å². The standard InChI is InChI=1S/C16H21N3O4/c1-2-22-15(20)6-10-19(16(21)14-5-3-12-23-14)9-4-8-18-11-7-17-13-18/h3,5,7,11-13H,2,4,6,8-10H2,1H3. The van der Waals surface area contributed by atoms with E-state index in [1.54, 1.807) is 36.5 Å². The Labute approximate surface area is 134 Å². The van der Waals surface area contributed by atoms with Gasteiger partial charge in [-0.15, -0.1) is 0 Å². The zero-order valence-electron chi connectivity index (χ0n) is 13.2. The molecule has 0 atom stereocenters. The third-order valence-electron chi connectivity index (χ3n) is 3.31. The Morgan fingerprint density at radius 2 is 2.26 bits per heavy atom. The summed E-state index contributed by atoms with van der Waals surface area (Å²) < 4.78 is 12.0. The number of carbonyl (C=O) groups excluding carboxylic acids is 2. The lowest BCUT2D eigenvalue weighted by Gasteiger charge is -2.21. The highest BCUT2D eigenvalue weighted by Crippen LogP contribution is 2.08. The van der Waals surface area contributed by atoms with Crippen LogP contribution in [0.4, 0.5) is 0 Å². The molecular formula is C16H21N3O4. The second-order valence-electron chi connectivity index (χ2n) is 4.98. The van der Waals surface area contributed by atoms with E-state index >= 15 is 0 Å². The summed E-state index contributed by atoms with van der Waals surface area (Å²) in [7, 11) is 0. The Bertz CT molecular complexity index is 593. The van der Waals surface area contributed by atoms with Crippen LogP contribution in [-0.4, -0.2) is 46.0 Å². The lowest BCUT2D eigenvalue weighted by atomic mass is 10.3. The van der Waals surface area contributed by atoms with Crippen molar-refractivity contribution in [1.82, 2.24) is 14.5 Å². The van der Waals surface area contributed by atoms with Crippen LogP contribution in [0.3, 0.4) is 0 Å². The minimum Gasteiger partial charge on any atom is -0.466 e. The molecule has 2 aromatic heterocycles. The van der Waals surface area contributed by atoms with Crippen molar-refractivity contribution in [1.29, 1.82) is 0 Å². The van der Waals surface area contributed by atoms with Gasteiger partial charge in [0.2, 0.25) is 0 Å². The molecule has 7 heteroatoms. The summed E-state index contributed by atoms with van der Waals surface area (Å²) in [5.41, 5.74) is 0. The van der Waals surface area contributed by atoms with E-state index in [4.69, 9.17) is 9.15 Å². The fourth-order valence-corrected chi connectivity index (χ4v) is 2.19. The molecule has 0 spiro atoms. The second kappa shape index (κ2) is 8.77. The van der Waals surface area contributed by atoms with E-state index < -0.39 is 0 Å². The van der Waals surface area contributed by atoms with Crippen LogP contribution < -0.4 is 0 Å². The number of hydrogen-bond donors (Lipinski definition) is 0. The summed E-state index contributed by atoms with van der Waals surface area (Å²) in [4.78, 5) is 29.6. The molecule has 124 valence electrons. The van der Waals surface area contributed by atoms with Crippen molar-refractivity contribution >= 4 is 11.9 Å². The SMILES string of the molecule is CCOC(=O)CCN(CCCn1ccnc1)C(=O)c1ccco1. The number of amides is 1. The molecule has 0 N–H and O–H groups in total. The normalized spacial score (nSPS) is 10.5. The van der Waals surface area contributed by atoms with E-state index in [9.17, 15) is 9.59 Å². The predicted octanol–water partition coefficient (Wildman–Crippen LogP) is 1.96. The maximum atomic E-state index is 12.4. The van der Waals surface area contributed by atoms with E-state index in [0.29, 0.717) is 19.7 Å². The average Bonchev–Trinajstić information content (AvgIpc) is 3.23. The molecule has 2 heterocycles. The van der Waals surface area contributed by atoms with Crippen LogP contribution in [0.25, 0.3) is 0 Å². The molecule has 0 aliphatic heterocycles. The first-order valence-corrected chi connectivity index (χ1v) is 7.65. The van der Waals surface area contributed by atoms with E-state index in [0.717, 1.165) is 13.0 Å². The molecule has 0 fully saturated rings. The van der Waals surface area contributed by atoms with Crippen molar-refractivity contribution in [2.45, 2.75) is 26.3 Å². The van der Waals surface area contributed by atoms with Gasteiger partial charge in [0.25, 0.3) is 5.91 Å². The highest BCUT2D eigenvalue weighted by atomic mass is 16.5. The summed E-state index contributed by atoms with van der Waals surface area (Å²) in [6, 6.07) is 3.29. The fourth-order valence-electron chi connectivity index (χ4n) is 2.19. The van der Waals surface area contributed by atoms with Crippen LogP contribution in [0.2, 0.25) is 0 Å². The zero-order valence-corrected chi connectivity index (χ0v) is 13.2. The molecule has 0 aliphatic rings. The smallest absolute Gasteiger partial charge is 0.307 e. The molecule has 0 aliphatic carbocycles. The number of carbonyl (C=O) groups is 2. The molecule has 7 nitrogen and oxygen atoms in total. The number of nitrogens with zero attached hydrogens (tertiary/aromatic N) is 3. The van der Waals surface area contributed by atoms with Gasteiger partial charge in [-0.2, -0.15) is 0 Å². The van der Waals surface area contributed by atoms with Gasteiger partial charge >= 0.3 is 5.97 Å². The lowest BCUT2D eigenvalue weighted by molar-refractivity contribution is -0.143. The van der Waals surface area contributed by atoms with E-state index in [1.807, 2.05) is 10.8 Å². The topological polar surface area (TPSA) is 77.6 Å². The maximum absolute atomic E-state index is 12.4. The van der Waals surface area contributed by atoms with Gasteiger partial charge in [0.05, 0.1) is 25.6 Å². The minimum absolute atomic E-state index is 0.172. The molecule has 0 saturated heterocycles. The van der Waals surface area contributed by atoms with Gasteiger partial charge in [-0.3, -0.25) is 9.59 Å². The first kappa shape index (κ1) is 16.8. The van der Waals surface area contributed by atoms with Gasteiger partial charge in [0.1, 0.15) is 0 Å². The first-order chi connectivity index (χ1) is 11.2. The Morgan fingerprint density at radius 1 is 1.39 bits per heavy atom. The summed E-state index contributed by atoms with van der Waals surface area (Å²) >= 11 is 0. The van der Waals surface area contributed by atoms with E-state index in [-0.39, 0.29) is 24.1 Å². The van der Waals surface area contributed by atoms with Crippen LogP contribution in [0.5, 0.6) is 0 Å². The molecule has 0 saturated carbocycles. The maximum Gasteiger partial charge on any atom is 0.307 e. The van der Waals surface area contributed by atoms with Gasteiger partial charge in [-0.1, -0.05) is 0 Å². The third-order valence-corrected chi connectivity index (χ3v) is 3.31. The molecule has 2 aromatic rings. The molecule has 0 bridgehead atoms. The summed E-state index contributed by atoms with van der Waals surface area (Å²) in [5, 5.41) is 0. The third kappa shape index (κ3) is 5.28. The quantitative estimate of drug-likeness (QED) is 0.660. The van der Waals surface area contributed by atoms with Crippen LogP contribution in [0.1, 0.15) is 30.3 Å². The minimum atomic E-state index is -0.306. The number of rotatable bonds is 9. The van der Waals surface area contributed by atoms with Crippen LogP contribution in [-0.2, 0) is 16.1 Å². The fraction of sp³-hybridized carbons (Fsp3) is 0.438. The van der Waals surface area contributed by atoms with Gasteiger partial charge in [0.15, 0.2) is 5.76 Å². The Balaban J connectivity index is 1.90. The summed E-state index contributed by atoms with van der Waals surface area (Å²) in [5.74, 6) is -0.249. The zero-order chi connectivity index (χ0) is 16.5. The van der Waals surface area contributed by atoms with Crippen LogP contribution in [0, 0.1) is 0 Å². The highest BCUT2D eigenvalue weighted by Gasteiger charge is 2.19. The molecule has 0 radical (unpaired) electrons. The van der Waals surface area contributed by atoms with Gasteiger partial charge in [-0.25, -0.2) is 4.98 Å². The number of ether oxygens (including phenoxy) is 1. The van der Waals surface area contributed by atoms with Gasteiger partial charge in [0, 0.05) is 32.0 Å². The molecule has 2 rings (SSSR count). The number of furan rings is 1. The van der Waals surface area contributed by atoms with Crippen LogP contribution >= 0.6 is 0 Å². The Hall–Kier alpha value is -2.57. The van der Waals surface area contributed by atoms with Crippen molar-refractivity contribution in [3.8, 4) is 0 Å². The Kier molecular flexibility index (Phi) is 6.40. The molecule has 1 amide bonds. The summed E-state index contributed by atoms with van der Waals surface area (Å²) in [6.07, 6.45) is 7.71. The number of hydrogen-bond acceptors (Lipinski definition) is 5. The number of esters is 1. The van der Waals surface area contributed by atoms with Crippen molar-refractivity contribution in [2.75, 3.05) is 19.7 Å². The van der Waals surface area contributed by atoms with E-state index in [2.05, 4.69) is 4.98 Å². The largest absolute Gasteiger partial charge is 0.466 e. The van der Waals surface area contributed by atoms with Crippen molar-refractivity contribution in [2.24, 2.45) is 0 Å². The van der Waals surface area contributed by atoms with Crippen molar-refractivity contribution in [3.05, 3.63) is 42.9 Å². The predicted molar refractivity (Wildman–Crippen MR) is 82.7 cm³/mol. The monoisotopic (exact) mass is 319 g/mol. The second-order valence-corrected chi connectivity index (χ2v) is 4.98. The summed E-state index contributed by atoms with van der Waals surface area (Å²) in [6.45, 7) is 3.68. The first-order valence-electron chi connectivity index (χ1n) is 7.65. The van der Waals surface area contributed by atoms with E-state index in [1.165, 1.54) is 6.26 Å². The van der Waals surface area contributed by atoms with Crippen LogP contribution in [0.15, 0.2) is 41.5 Å². The average molecular weight is 319 g/mol.